The molecule has 132 valence electrons. The Morgan fingerprint density at radius 3 is 3.08 bits per heavy atom. The van der Waals surface area contributed by atoms with E-state index >= 15 is 0 Å². The molecule has 25 heavy (non-hydrogen) atoms. The molecule has 0 radical (unpaired) electrons. The van der Waals surface area contributed by atoms with Crippen molar-refractivity contribution in [2.45, 2.75) is 32.3 Å². The molecule has 2 atom stereocenters. The van der Waals surface area contributed by atoms with E-state index in [0.717, 1.165) is 42.1 Å². The minimum atomic E-state index is -0.512. The summed E-state index contributed by atoms with van der Waals surface area (Å²) in [6.07, 6.45) is 2.09. The first-order chi connectivity index (χ1) is 12.1. The highest BCUT2D eigenvalue weighted by Gasteiger charge is 2.35. The second-order valence-corrected chi connectivity index (χ2v) is 7.06. The maximum atomic E-state index is 12.8. The van der Waals surface area contributed by atoms with E-state index < -0.39 is 6.10 Å². The highest BCUT2D eigenvalue weighted by molar-refractivity contribution is 5.95. The fourth-order valence-corrected chi connectivity index (χ4v) is 3.74. The third-order valence-corrected chi connectivity index (χ3v) is 5.08. The average molecular weight is 341 g/mol. The van der Waals surface area contributed by atoms with Gasteiger partial charge in [0.15, 0.2) is 0 Å². The van der Waals surface area contributed by atoms with Crippen molar-refractivity contribution in [1.82, 2.24) is 15.1 Å². The molecule has 1 saturated heterocycles. The summed E-state index contributed by atoms with van der Waals surface area (Å²) >= 11 is 0. The Kier molecular flexibility index (Phi) is 4.21. The number of aliphatic hydroxyl groups excluding tert-OH is 1. The number of aliphatic hydroxyl groups is 1. The number of benzene rings is 1. The lowest BCUT2D eigenvalue weighted by atomic mass is 10.00. The van der Waals surface area contributed by atoms with Crippen LogP contribution in [0.25, 0.3) is 0 Å². The van der Waals surface area contributed by atoms with Gasteiger partial charge in [-0.15, -0.1) is 0 Å². The summed E-state index contributed by atoms with van der Waals surface area (Å²) < 4.78 is 5.61. The first-order valence-electron chi connectivity index (χ1n) is 8.84. The third-order valence-electron chi connectivity index (χ3n) is 5.08. The van der Waals surface area contributed by atoms with Crippen LogP contribution in [-0.2, 0) is 12.8 Å². The van der Waals surface area contributed by atoms with Crippen molar-refractivity contribution in [3.05, 3.63) is 46.8 Å². The van der Waals surface area contributed by atoms with E-state index in [1.54, 1.807) is 4.90 Å². The van der Waals surface area contributed by atoms with Gasteiger partial charge in [0.05, 0.1) is 18.4 Å². The van der Waals surface area contributed by atoms with Gasteiger partial charge in [-0.25, -0.2) is 0 Å². The van der Waals surface area contributed by atoms with Crippen LogP contribution in [0.1, 0.15) is 33.7 Å². The fraction of sp³-hybridized carbons (Fsp3) is 0.474. The lowest BCUT2D eigenvalue weighted by Gasteiger charge is -2.20. The highest BCUT2D eigenvalue weighted by atomic mass is 16.5. The summed E-state index contributed by atoms with van der Waals surface area (Å²) in [5, 5.41) is 17.5. The smallest absolute Gasteiger partial charge is 0.253 e. The van der Waals surface area contributed by atoms with Gasteiger partial charge in [-0.3, -0.25) is 9.89 Å². The Morgan fingerprint density at radius 1 is 1.40 bits per heavy atom. The summed E-state index contributed by atoms with van der Waals surface area (Å²) in [7, 11) is 0. The summed E-state index contributed by atoms with van der Waals surface area (Å²) in [5.41, 5.74) is 3.71. The average Bonchev–Trinajstić information content (AvgIpc) is 3.20. The lowest BCUT2D eigenvalue weighted by molar-refractivity contribution is 0.0764. The Morgan fingerprint density at radius 2 is 2.28 bits per heavy atom. The number of aromatic nitrogens is 2. The topological polar surface area (TPSA) is 78.5 Å². The number of nitrogens with zero attached hydrogens (tertiary/aromatic N) is 2. The van der Waals surface area contributed by atoms with Crippen molar-refractivity contribution in [2.75, 3.05) is 19.7 Å². The molecule has 3 heterocycles. The highest BCUT2D eigenvalue weighted by Crippen LogP contribution is 2.28. The standard InChI is InChI=1S/C19H23N3O3/c1-12-7-16(21-20-12)9-15-10-22(11-17(15)23)19(24)14-4-5-18-13(8-14)3-2-6-25-18/h4-5,7-8,15,17,23H,2-3,6,9-11H2,1H3,(H,20,21)/t15-,17-/m1/s1. The second kappa shape index (κ2) is 6.52. The molecule has 1 aromatic heterocycles. The molecule has 0 saturated carbocycles. The Hall–Kier alpha value is -2.34. The van der Waals surface area contributed by atoms with Gasteiger partial charge in [0, 0.05) is 30.3 Å². The van der Waals surface area contributed by atoms with Crippen LogP contribution < -0.4 is 4.74 Å². The quantitative estimate of drug-likeness (QED) is 0.891. The fourth-order valence-electron chi connectivity index (χ4n) is 3.74. The van der Waals surface area contributed by atoms with Crippen LogP contribution in [-0.4, -0.2) is 51.9 Å². The number of H-pyrrole nitrogens is 1. The number of amides is 1. The van der Waals surface area contributed by atoms with E-state index in [-0.39, 0.29) is 11.8 Å². The third kappa shape index (κ3) is 3.26. The molecule has 2 aliphatic heterocycles. The van der Waals surface area contributed by atoms with Gasteiger partial charge < -0.3 is 14.7 Å². The van der Waals surface area contributed by atoms with Gasteiger partial charge in [-0.1, -0.05) is 0 Å². The number of carbonyl (C=O) groups is 1. The number of aromatic amines is 1. The normalized spacial score (nSPS) is 22.6. The maximum absolute atomic E-state index is 12.8. The van der Waals surface area contributed by atoms with Gasteiger partial charge in [-0.05, 0) is 56.0 Å². The zero-order chi connectivity index (χ0) is 17.4. The van der Waals surface area contributed by atoms with Crippen molar-refractivity contribution in [3.63, 3.8) is 0 Å². The van der Waals surface area contributed by atoms with Crippen molar-refractivity contribution in [2.24, 2.45) is 5.92 Å². The molecule has 0 unspecified atom stereocenters. The molecule has 1 fully saturated rings. The summed E-state index contributed by atoms with van der Waals surface area (Å²) in [6.45, 7) is 3.63. The number of rotatable bonds is 3. The molecule has 2 aliphatic rings. The number of fused-ring (bicyclic) bond motifs is 1. The monoisotopic (exact) mass is 341 g/mol. The maximum Gasteiger partial charge on any atom is 0.253 e. The molecule has 2 N–H and O–H groups in total. The van der Waals surface area contributed by atoms with Gasteiger partial charge >= 0.3 is 0 Å². The molecule has 1 amide bonds. The number of carbonyl (C=O) groups excluding carboxylic acids is 1. The van der Waals surface area contributed by atoms with Crippen molar-refractivity contribution in [1.29, 1.82) is 0 Å². The van der Waals surface area contributed by atoms with E-state index in [1.165, 1.54) is 0 Å². The van der Waals surface area contributed by atoms with Gasteiger partial charge in [0.2, 0.25) is 0 Å². The van der Waals surface area contributed by atoms with E-state index in [4.69, 9.17) is 4.74 Å². The lowest BCUT2D eigenvalue weighted by Crippen LogP contribution is -2.29. The second-order valence-electron chi connectivity index (χ2n) is 7.06. The number of ether oxygens (including phenoxy) is 1. The van der Waals surface area contributed by atoms with Crippen molar-refractivity contribution >= 4 is 5.91 Å². The van der Waals surface area contributed by atoms with E-state index in [2.05, 4.69) is 10.2 Å². The number of likely N-dealkylation sites (tertiary alicyclic amines) is 1. The zero-order valence-corrected chi connectivity index (χ0v) is 14.4. The van der Waals surface area contributed by atoms with Crippen molar-refractivity contribution in [3.8, 4) is 5.75 Å². The molecular weight excluding hydrogens is 318 g/mol. The summed E-state index contributed by atoms with van der Waals surface area (Å²) in [5.74, 6) is 0.886. The molecule has 1 aromatic carbocycles. The first kappa shape index (κ1) is 16.1. The Bertz CT molecular complexity index is 786. The minimum Gasteiger partial charge on any atom is -0.493 e. The predicted octanol–water partition coefficient (Wildman–Crippen LogP) is 1.72. The molecule has 6 heteroatoms. The molecule has 6 nitrogen and oxygen atoms in total. The van der Waals surface area contributed by atoms with Crippen LogP contribution in [0.2, 0.25) is 0 Å². The largest absolute Gasteiger partial charge is 0.493 e. The number of nitrogens with one attached hydrogen (secondary N) is 1. The SMILES string of the molecule is Cc1cc(C[C@@H]2CN(C(=O)c3ccc4c(c3)CCCO4)C[C@H]2O)n[nH]1. The van der Waals surface area contributed by atoms with Gasteiger partial charge in [0.25, 0.3) is 5.91 Å². The van der Waals surface area contributed by atoms with Gasteiger partial charge in [0.1, 0.15) is 5.75 Å². The molecular formula is C19H23N3O3. The van der Waals surface area contributed by atoms with E-state index in [9.17, 15) is 9.90 Å². The molecule has 0 aliphatic carbocycles. The van der Waals surface area contributed by atoms with Crippen LogP contribution >= 0.6 is 0 Å². The molecule has 2 aromatic rings. The summed E-state index contributed by atoms with van der Waals surface area (Å²) in [6, 6.07) is 7.63. The van der Waals surface area contributed by atoms with Crippen LogP contribution in [0.15, 0.2) is 24.3 Å². The van der Waals surface area contributed by atoms with Crippen LogP contribution in [0.4, 0.5) is 0 Å². The first-order valence-corrected chi connectivity index (χ1v) is 8.84. The predicted molar refractivity (Wildman–Crippen MR) is 92.7 cm³/mol. The van der Waals surface area contributed by atoms with Crippen LogP contribution in [0, 0.1) is 12.8 Å². The minimum absolute atomic E-state index is 0.0202. The number of β-amino-alcohol motifs (C(OH)–C–C–N with tert-alkyl or cyclic N) is 1. The van der Waals surface area contributed by atoms with E-state index in [1.807, 2.05) is 31.2 Å². The Labute approximate surface area is 146 Å². The molecule has 0 spiro atoms. The number of aryl methyl sites for hydroxylation is 2. The zero-order valence-electron chi connectivity index (χ0n) is 14.4. The van der Waals surface area contributed by atoms with Crippen molar-refractivity contribution < 1.29 is 14.6 Å². The van der Waals surface area contributed by atoms with Gasteiger partial charge in [-0.2, -0.15) is 5.10 Å². The molecule has 4 rings (SSSR count). The molecule has 0 bridgehead atoms. The van der Waals surface area contributed by atoms with E-state index in [0.29, 0.717) is 25.1 Å². The summed E-state index contributed by atoms with van der Waals surface area (Å²) in [4.78, 5) is 14.6. The number of hydrogen-bond acceptors (Lipinski definition) is 4. The van der Waals surface area contributed by atoms with Crippen LogP contribution in [0.3, 0.4) is 0 Å². The van der Waals surface area contributed by atoms with Crippen LogP contribution in [0.5, 0.6) is 5.75 Å². The Balaban J connectivity index is 1.46. The number of hydrogen-bond donors (Lipinski definition) is 2.